The van der Waals surface area contributed by atoms with Crippen LogP contribution in [0.4, 0.5) is 5.69 Å². The summed E-state index contributed by atoms with van der Waals surface area (Å²) in [6, 6.07) is 15.1. The number of hydrogen-bond donors (Lipinski definition) is 1. The Labute approximate surface area is 165 Å². The van der Waals surface area contributed by atoms with Gasteiger partial charge in [-0.3, -0.25) is 9.59 Å². The maximum Gasteiger partial charge on any atom is 0.267 e. The molecule has 1 aromatic heterocycles. The number of benzene rings is 2. The highest BCUT2D eigenvalue weighted by Crippen LogP contribution is 2.33. The van der Waals surface area contributed by atoms with Gasteiger partial charge in [-0.1, -0.05) is 11.6 Å². The predicted octanol–water partition coefficient (Wildman–Crippen LogP) is 2.97. The van der Waals surface area contributed by atoms with Crippen molar-refractivity contribution < 1.29 is 14.3 Å². The number of nitrogens with one attached hydrogen (secondary N) is 1. The van der Waals surface area contributed by atoms with Crippen molar-refractivity contribution in [1.29, 1.82) is 0 Å². The Morgan fingerprint density at radius 1 is 1.04 bits per heavy atom. The van der Waals surface area contributed by atoms with Crippen LogP contribution in [0.15, 0.2) is 59.4 Å². The van der Waals surface area contributed by atoms with E-state index in [1.54, 1.807) is 42.5 Å². The molecule has 8 heteroatoms. The standard InChI is InChI=1S/C20H16ClN3O4/c21-14-2-4-15(5-3-14)22-19(25)12-24-20(26)8-6-16(23-24)13-1-7-17-18(11-13)28-10-9-27-17/h1-8,11H,9-10,12H2,(H,22,25). The first-order chi connectivity index (χ1) is 13.6. The van der Waals surface area contributed by atoms with Crippen LogP contribution >= 0.6 is 11.6 Å². The molecule has 0 atom stereocenters. The Kier molecular flexibility index (Phi) is 4.99. The lowest BCUT2D eigenvalue weighted by Gasteiger charge is -2.18. The number of amides is 1. The zero-order valence-corrected chi connectivity index (χ0v) is 15.5. The number of rotatable bonds is 4. The number of carbonyl (C=O) groups excluding carboxylic acids is 1. The largest absolute Gasteiger partial charge is 0.486 e. The molecule has 2 heterocycles. The fourth-order valence-corrected chi connectivity index (χ4v) is 2.91. The summed E-state index contributed by atoms with van der Waals surface area (Å²) in [7, 11) is 0. The summed E-state index contributed by atoms with van der Waals surface area (Å²) in [6.07, 6.45) is 0. The minimum Gasteiger partial charge on any atom is -0.486 e. The van der Waals surface area contributed by atoms with Gasteiger partial charge < -0.3 is 14.8 Å². The van der Waals surface area contributed by atoms with Gasteiger partial charge in [0.2, 0.25) is 5.91 Å². The minimum absolute atomic E-state index is 0.208. The summed E-state index contributed by atoms with van der Waals surface area (Å²) >= 11 is 5.83. The van der Waals surface area contributed by atoms with Crippen molar-refractivity contribution in [3.8, 4) is 22.8 Å². The monoisotopic (exact) mass is 397 g/mol. The van der Waals surface area contributed by atoms with E-state index in [1.165, 1.54) is 6.07 Å². The average Bonchev–Trinajstić information content (AvgIpc) is 2.71. The number of halogens is 1. The number of fused-ring (bicyclic) bond motifs is 1. The first-order valence-corrected chi connectivity index (χ1v) is 9.00. The quantitative estimate of drug-likeness (QED) is 0.731. The maximum atomic E-state index is 12.3. The van der Waals surface area contributed by atoms with Gasteiger partial charge in [-0.2, -0.15) is 5.10 Å². The molecule has 1 aliphatic heterocycles. The van der Waals surface area contributed by atoms with Crippen molar-refractivity contribution >= 4 is 23.2 Å². The van der Waals surface area contributed by atoms with Crippen molar-refractivity contribution in [3.63, 3.8) is 0 Å². The Morgan fingerprint density at radius 2 is 1.79 bits per heavy atom. The highest BCUT2D eigenvalue weighted by atomic mass is 35.5. The molecule has 28 heavy (non-hydrogen) atoms. The van der Waals surface area contributed by atoms with Crippen molar-refractivity contribution in [2.24, 2.45) is 0 Å². The number of carbonyl (C=O) groups is 1. The maximum absolute atomic E-state index is 12.3. The second-order valence-electron chi connectivity index (χ2n) is 6.13. The van der Waals surface area contributed by atoms with E-state index in [0.29, 0.717) is 41.1 Å². The Morgan fingerprint density at radius 3 is 2.57 bits per heavy atom. The normalized spacial score (nSPS) is 12.5. The number of aromatic nitrogens is 2. The molecule has 0 spiro atoms. The van der Waals surface area contributed by atoms with Crippen LogP contribution in [0.5, 0.6) is 11.5 Å². The fourth-order valence-electron chi connectivity index (χ4n) is 2.79. The van der Waals surface area contributed by atoms with E-state index < -0.39 is 0 Å². The van der Waals surface area contributed by atoms with Crippen LogP contribution < -0.4 is 20.3 Å². The molecule has 0 saturated heterocycles. The van der Waals surface area contributed by atoms with Gasteiger partial charge in [-0.25, -0.2) is 4.68 Å². The van der Waals surface area contributed by atoms with Gasteiger partial charge in [0.15, 0.2) is 11.5 Å². The lowest BCUT2D eigenvalue weighted by Crippen LogP contribution is -2.29. The molecule has 0 unspecified atom stereocenters. The van der Waals surface area contributed by atoms with Gasteiger partial charge in [-0.05, 0) is 48.5 Å². The third-order valence-electron chi connectivity index (χ3n) is 4.13. The molecule has 0 fully saturated rings. The summed E-state index contributed by atoms with van der Waals surface area (Å²) in [5.41, 5.74) is 1.53. The smallest absolute Gasteiger partial charge is 0.267 e. The minimum atomic E-state index is -0.368. The lowest BCUT2D eigenvalue weighted by atomic mass is 10.1. The molecule has 7 nitrogen and oxygen atoms in total. The van der Waals surface area contributed by atoms with E-state index in [-0.39, 0.29) is 18.0 Å². The van der Waals surface area contributed by atoms with E-state index >= 15 is 0 Å². The van der Waals surface area contributed by atoms with E-state index in [2.05, 4.69) is 10.4 Å². The van der Waals surface area contributed by atoms with Crippen LogP contribution in [0.25, 0.3) is 11.3 Å². The van der Waals surface area contributed by atoms with Crippen molar-refractivity contribution in [2.45, 2.75) is 6.54 Å². The van der Waals surface area contributed by atoms with E-state index in [4.69, 9.17) is 21.1 Å². The second kappa shape index (κ2) is 7.74. The lowest BCUT2D eigenvalue weighted by molar-refractivity contribution is -0.117. The molecule has 0 aliphatic carbocycles. The molecule has 4 rings (SSSR count). The van der Waals surface area contributed by atoms with Gasteiger partial charge in [0.1, 0.15) is 19.8 Å². The van der Waals surface area contributed by atoms with Gasteiger partial charge in [0.25, 0.3) is 5.56 Å². The topological polar surface area (TPSA) is 82.5 Å². The zero-order valence-electron chi connectivity index (χ0n) is 14.7. The van der Waals surface area contributed by atoms with Crippen molar-refractivity contribution in [2.75, 3.05) is 18.5 Å². The van der Waals surface area contributed by atoms with E-state index in [9.17, 15) is 9.59 Å². The summed E-state index contributed by atoms with van der Waals surface area (Å²) in [6.45, 7) is 0.784. The van der Waals surface area contributed by atoms with Gasteiger partial charge >= 0.3 is 0 Å². The molecule has 2 aromatic carbocycles. The molecule has 1 aliphatic rings. The molecule has 0 saturated carbocycles. The summed E-state index contributed by atoms with van der Waals surface area (Å²) in [5, 5.41) is 7.60. The van der Waals surface area contributed by atoms with E-state index in [1.807, 2.05) is 6.07 Å². The van der Waals surface area contributed by atoms with Crippen LogP contribution in [0.3, 0.4) is 0 Å². The first kappa shape index (κ1) is 18.1. The molecule has 0 radical (unpaired) electrons. The Balaban J connectivity index is 1.54. The molecular weight excluding hydrogens is 382 g/mol. The van der Waals surface area contributed by atoms with Crippen LogP contribution in [0, 0.1) is 0 Å². The summed E-state index contributed by atoms with van der Waals surface area (Å²) in [4.78, 5) is 24.4. The van der Waals surface area contributed by atoms with Gasteiger partial charge in [0, 0.05) is 22.3 Å². The number of nitrogens with zero attached hydrogens (tertiary/aromatic N) is 2. The fraction of sp³-hybridized carbons (Fsp3) is 0.150. The second-order valence-corrected chi connectivity index (χ2v) is 6.56. The number of ether oxygens (including phenoxy) is 2. The first-order valence-electron chi connectivity index (χ1n) is 8.62. The molecule has 0 bridgehead atoms. The molecule has 1 N–H and O–H groups in total. The predicted molar refractivity (Wildman–Crippen MR) is 105 cm³/mol. The van der Waals surface area contributed by atoms with Crippen LogP contribution in [0.1, 0.15) is 0 Å². The van der Waals surface area contributed by atoms with Crippen molar-refractivity contribution in [3.05, 3.63) is 70.0 Å². The van der Waals surface area contributed by atoms with Crippen LogP contribution in [-0.2, 0) is 11.3 Å². The Bertz CT molecular complexity index is 1080. The summed E-state index contributed by atoms with van der Waals surface area (Å²) in [5.74, 6) is 0.936. The van der Waals surface area contributed by atoms with Gasteiger partial charge in [0.05, 0.1) is 5.69 Å². The number of anilines is 1. The Hall–Kier alpha value is -3.32. The van der Waals surface area contributed by atoms with Gasteiger partial charge in [-0.15, -0.1) is 0 Å². The third-order valence-corrected chi connectivity index (χ3v) is 4.38. The molecular formula is C20H16ClN3O4. The third kappa shape index (κ3) is 3.99. The SMILES string of the molecule is O=C(Cn1nc(-c2ccc3c(c2)OCCO3)ccc1=O)Nc1ccc(Cl)cc1. The molecule has 1 amide bonds. The molecule has 142 valence electrons. The highest BCUT2D eigenvalue weighted by molar-refractivity contribution is 6.30. The van der Waals surface area contributed by atoms with Crippen LogP contribution in [0.2, 0.25) is 5.02 Å². The highest BCUT2D eigenvalue weighted by Gasteiger charge is 2.14. The van der Waals surface area contributed by atoms with Crippen LogP contribution in [-0.4, -0.2) is 28.9 Å². The molecule has 3 aromatic rings. The average molecular weight is 398 g/mol. The summed E-state index contributed by atoms with van der Waals surface area (Å²) < 4.78 is 12.2. The zero-order chi connectivity index (χ0) is 19.5. The van der Waals surface area contributed by atoms with E-state index in [0.717, 1.165) is 10.2 Å². The number of hydrogen-bond acceptors (Lipinski definition) is 5. The van der Waals surface area contributed by atoms with Crippen molar-refractivity contribution in [1.82, 2.24) is 9.78 Å².